The van der Waals surface area contributed by atoms with Gasteiger partial charge in [0.2, 0.25) is 0 Å². The first-order chi connectivity index (χ1) is 19.1. The Balaban J connectivity index is 0.000000220. The van der Waals surface area contributed by atoms with Gasteiger partial charge in [0.25, 0.3) is 20.0 Å². The number of ether oxygens (including phenoxy) is 2. The molecule has 0 aromatic heterocycles. The fourth-order valence-electron chi connectivity index (χ4n) is 3.81. The van der Waals surface area contributed by atoms with Crippen molar-refractivity contribution in [1.29, 1.82) is 0 Å². The molecule has 10 nitrogen and oxygen atoms in total. The minimum atomic E-state index is -3.70. The first kappa shape index (κ1) is 31.2. The lowest BCUT2D eigenvalue weighted by Crippen LogP contribution is -2.40. The van der Waals surface area contributed by atoms with Gasteiger partial charge in [-0.1, -0.05) is 48.6 Å². The lowest BCUT2D eigenvalue weighted by Gasteiger charge is -2.28. The maximum Gasteiger partial charge on any atom is 0.284 e. The van der Waals surface area contributed by atoms with Gasteiger partial charge in [0.1, 0.15) is 11.7 Å². The lowest BCUT2D eigenvalue weighted by molar-refractivity contribution is 0.0685. The molecule has 0 unspecified atom stereocenters. The number of sulfonamides is 2. The third-order valence-electron chi connectivity index (χ3n) is 6.10. The molecule has 2 fully saturated rings. The van der Waals surface area contributed by atoms with Crippen LogP contribution in [0.5, 0.6) is 0 Å². The molecule has 40 heavy (non-hydrogen) atoms. The van der Waals surface area contributed by atoms with Gasteiger partial charge in [0, 0.05) is 26.2 Å². The summed E-state index contributed by atoms with van der Waals surface area (Å²) in [7, 11) is -7.41. The zero-order valence-corrected chi connectivity index (χ0v) is 24.5. The largest absolute Gasteiger partial charge is 0.378 e. The topological polar surface area (TPSA) is 118 Å². The second-order valence-corrected chi connectivity index (χ2v) is 12.3. The highest BCUT2D eigenvalue weighted by Crippen LogP contribution is 2.16. The molecule has 2 saturated heterocycles. The molecule has 4 rings (SSSR count). The molecule has 2 aromatic carbocycles. The molecule has 12 heteroatoms. The maximum atomic E-state index is 12.3. The highest BCUT2D eigenvalue weighted by atomic mass is 32.2. The molecule has 0 saturated carbocycles. The fraction of sp³-hybridized carbons (Fsp3) is 0.357. The van der Waals surface area contributed by atoms with E-state index in [0.717, 1.165) is 11.1 Å². The monoisotopic (exact) mass is 588 g/mol. The van der Waals surface area contributed by atoms with E-state index in [0.29, 0.717) is 64.3 Å². The van der Waals surface area contributed by atoms with E-state index in [1.807, 2.05) is 23.6 Å². The van der Waals surface area contributed by atoms with E-state index >= 15 is 0 Å². The quantitative estimate of drug-likeness (QED) is 0.373. The van der Waals surface area contributed by atoms with Crippen LogP contribution in [0.1, 0.15) is 11.1 Å². The Morgan fingerprint density at radius 1 is 0.650 bits per heavy atom. The van der Waals surface area contributed by atoms with Gasteiger partial charge >= 0.3 is 0 Å². The lowest BCUT2D eigenvalue weighted by atomic mass is 10.2. The molecule has 0 bridgehead atoms. The second kappa shape index (κ2) is 14.4. The Hall–Kier alpha value is -3.32. The number of nitrogens with zero attached hydrogens (tertiary/aromatic N) is 4. The predicted molar refractivity (Wildman–Crippen MR) is 157 cm³/mol. The maximum absolute atomic E-state index is 12.3. The summed E-state index contributed by atoms with van der Waals surface area (Å²) in [5.74, 6) is 0.739. The van der Waals surface area contributed by atoms with E-state index in [2.05, 4.69) is 22.0 Å². The summed E-state index contributed by atoms with van der Waals surface area (Å²) in [5.41, 5.74) is 2.01. The molecule has 2 aliphatic rings. The van der Waals surface area contributed by atoms with Gasteiger partial charge in [-0.05, 0) is 50.3 Å². The van der Waals surface area contributed by atoms with Crippen LogP contribution in [0.3, 0.4) is 0 Å². The number of morpholine rings is 2. The summed E-state index contributed by atoms with van der Waals surface area (Å²) in [6, 6.07) is 13.3. The Morgan fingerprint density at radius 3 is 1.23 bits per heavy atom. The SMILES string of the molecule is C=C/C(=N\S(=O)(=O)c1ccc(C)cc1)N1CCOCC1.C=C/C(=N\S(=O)(=O)c1ccc(C)cc1)N1CCOCC1. The molecule has 2 heterocycles. The van der Waals surface area contributed by atoms with Crippen LogP contribution < -0.4 is 0 Å². The number of hydrogen-bond donors (Lipinski definition) is 0. The molecule has 0 spiro atoms. The fourth-order valence-corrected chi connectivity index (χ4v) is 5.85. The second-order valence-electron chi connectivity index (χ2n) is 9.08. The molecule has 0 N–H and O–H groups in total. The molecule has 0 aliphatic carbocycles. The number of aryl methyl sites for hydroxylation is 2. The Morgan fingerprint density at radius 2 is 0.950 bits per heavy atom. The van der Waals surface area contributed by atoms with E-state index in [1.54, 1.807) is 48.5 Å². The summed E-state index contributed by atoms with van der Waals surface area (Å²) in [6.07, 6.45) is 2.94. The van der Waals surface area contributed by atoms with Crippen LogP contribution in [0.15, 0.2) is 92.4 Å². The number of benzene rings is 2. The first-order valence-electron chi connectivity index (χ1n) is 12.8. The molecular formula is C28H36N4O6S2. The summed E-state index contributed by atoms with van der Waals surface area (Å²) >= 11 is 0. The average Bonchev–Trinajstić information content (AvgIpc) is 2.96. The first-order valence-corrected chi connectivity index (χ1v) is 15.7. The van der Waals surface area contributed by atoms with Crippen LogP contribution in [-0.4, -0.2) is 90.9 Å². The van der Waals surface area contributed by atoms with Crippen molar-refractivity contribution >= 4 is 31.7 Å². The van der Waals surface area contributed by atoms with E-state index < -0.39 is 20.0 Å². The van der Waals surface area contributed by atoms with E-state index in [4.69, 9.17) is 9.47 Å². The summed E-state index contributed by atoms with van der Waals surface area (Å²) < 4.78 is 67.3. The number of amidine groups is 2. The van der Waals surface area contributed by atoms with Gasteiger partial charge < -0.3 is 19.3 Å². The van der Waals surface area contributed by atoms with Gasteiger partial charge in [0.15, 0.2) is 0 Å². The van der Waals surface area contributed by atoms with Crippen LogP contribution in [0.2, 0.25) is 0 Å². The van der Waals surface area contributed by atoms with Crippen LogP contribution in [0, 0.1) is 13.8 Å². The third kappa shape index (κ3) is 8.85. The molecular weight excluding hydrogens is 552 g/mol. The van der Waals surface area contributed by atoms with Crippen molar-refractivity contribution in [1.82, 2.24) is 9.80 Å². The average molecular weight is 589 g/mol. The normalized spacial score (nSPS) is 17.1. The van der Waals surface area contributed by atoms with Gasteiger partial charge in [-0.3, -0.25) is 0 Å². The molecule has 0 atom stereocenters. The molecule has 2 aromatic rings. The van der Waals surface area contributed by atoms with Crippen LogP contribution >= 0.6 is 0 Å². The minimum absolute atomic E-state index is 0.190. The Bertz CT molecular complexity index is 1310. The van der Waals surface area contributed by atoms with Crippen LogP contribution in [-0.2, 0) is 29.5 Å². The zero-order chi connectivity index (χ0) is 29.2. The van der Waals surface area contributed by atoms with Crippen molar-refractivity contribution < 1.29 is 26.3 Å². The van der Waals surface area contributed by atoms with Crippen molar-refractivity contribution in [3.8, 4) is 0 Å². The van der Waals surface area contributed by atoms with E-state index in [-0.39, 0.29) is 9.79 Å². The third-order valence-corrected chi connectivity index (χ3v) is 8.69. The minimum Gasteiger partial charge on any atom is -0.378 e. The Kier molecular flexibility index (Phi) is 11.2. The van der Waals surface area contributed by atoms with Crippen molar-refractivity contribution in [3.63, 3.8) is 0 Å². The summed E-state index contributed by atoms with van der Waals surface area (Å²) in [4.78, 5) is 4.11. The van der Waals surface area contributed by atoms with E-state index in [9.17, 15) is 16.8 Å². The van der Waals surface area contributed by atoms with Gasteiger partial charge in [-0.25, -0.2) is 0 Å². The number of hydrogen-bond acceptors (Lipinski definition) is 6. The van der Waals surface area contributed by atoms with Crippen LogP contribution in [0.4, 0.5) is 0 Å². The summed E-state index contributed by atoms with van der Waals surface area (Å²) in [5, 5.41) is 0. The van der Waals surface area contributed by atoms with Crippen molar-refractivity contribution in [3.05, 3.63) is 85.0 Å². The van der Waals surface area contributed by atoms with Crippen molar-refractivity contribution in [2.75, 3.05) is 52.6 Å². The van der Waals surface area contributed by atoms with Gasteiger partial charge in [0.05, 0.1) is 36.2 Å². The smallest absolute Gasteiger partial charge is 0.284 e. The van der Waals surface area contributed by atoms with Gasteiger partial charge in [-0.15, -0.1) is 8.80 Å². The number of rotatable bonds is 6. The zero-order valence-electron chi connectivity index (χ0n) is 22.9. The molecule has 0 radical (unpaired) electrons. The summed E-state index contributed by atoms with van der Waals surface area (Å²) in [6.45, 7) is 15.9. The van der Waals surface area contributed by atoms with Gasteiger partial charge in [-0.2, -0.15) is 16.8 Å². The molecule has 216 valence electrons. The van der Waals surface area contributed by atoms with E-state index in [1.165, 1.54) is 12.2 Å². The highest BCUT2D eigenvalue weighted by Gasteiger charge is 2.19. The highest BCUT2D eigenvalue weighted by molar-refractivity contribution is 7.90. The molecule has 0 amide bonds. The van der Waals surface area contributed by atoms with Crippen molar-refractivity contribution in [2.45, 2.75) is 23.6 Å². The standard InChI is InChI=1S/2C14H18N2O3S/c2*1-3-14(16-8-10-19-11-9-16)15-20(17,18)13-6-4-12(2)5-7-13/h2*3-7H,1,8-11H2,2H3/b2*15-14+. The predicted octanol–water partition coefficient (Wildman–Crippen LogP) is 3.20. The van der Waals surface area contributed by atoms with Crippen LogP contribution in [0.25, 0.3) is 0 Å². The van der Waals surface area contributed by atoms with Crippen molar-refractivity contribution in [2.24, 2.45) is 8.80 Å². The molecule has 2 aliphatic heterocycles. The Labute approximate surface area is 237 Å².